The SMILES string of the molecule is C=CC=C.CC=CC(=O)O. The van der Waals surface area contributed by atoms with Crippen molar-refractivity contribution in [1.29, 1.82) is 0 Å². The van der Waals surface area contributed by atoms with Crippen molar-refractivity contribution >= 4 is 5.97 Å². The number of carboxylic acid groups (broad SMARTS) is 1. The third-order valence-corrected chi connectivity index (χ3v) is 0.476. The molecule has 0 fully saturated rings. The molecule has 10 heavy (non-hydrogen) atoms. The van der Waals surface area contributed by atoms with E-state index in [1.54, 1.807) is 19.1 Å². The number of carboxylic acids is 1. The molecule has 0 amide bonds. The molecule has 0 aliphatic heterocycles. The van der Waals surface area contributed by atoms with Crippen molar-refractivity contribution in [2.24, 2.45) is 0 Å². The molecule has 0 aromatic heterocycles. The summed E-state index contributed by atoms with van der Waals surface area (Å²) in [6.45, 7) is 8.38. The maximum Gasteiger partial charge on any atom is 0.327 e. The lowest BCUT2D eigenvalue weighted by Crippen LogP contribution is -1.83. The highest BCUT2D eigenvalue weighted by atomic mass is 16.4. The molecule has 0 aromatic carbocycles. The van der Waals surface area contributed by atoms with Crippen molar-refractivity contribution in [3.05, 3.63) is 37.5 Å². The topological polar surface area (TPSA) is 37.3 Å². The largest absolute Gasteiger partial charge is 0.478 e. The molecule has 2 heteroatoms. The summed E-state index contributed by atoms with van der Waals surface area (Å²) in [5, 5.41) is 7.83. The number of aliphatic carboxylic acids is 1. The summed E-state index contributed by atoms with van der Waals surface area (Å²) in [5.41, 5.74) is 0. The fraction of sp³-hybridized carbons (Fsp3) is 0.125. The van der Waals surface area contributed by atoms with Gasteiger partial charge in [-0.1, -0.05) is 31.4 Å². The lowest BCUT2D eigenvalue weighted by Gasteiger charge is -1.68. The molecule has 0 heterocycles. The molecular formula is C8H12O2. The summed E-state index contributed by atoms with van der Waals surface area (Å²) in [5.74, 6) is -0.891. The third-order valence-electron chi connectivity index (χ3n) is 0.476. The van der Waals surface area contributed by atoms with E-state index in [4.69, 9.17) is 5.11 Å². The van der Waals surface area contributed by atoms with Gasteiger partial charge < -0.3 is 5.11 Å². The molecule has 0 spiro atoms. The van der Waals surface area contributed by atoms with Crippen LogP contribution in [0.4, 0.5) is 0 Å². The minimum Gasteiger partial charge on any atom is -0.478 e. The second-order valence-corrected chi connectivity index (χ2v) is 1.31. The zero-order valence-electron chi connectivity index (χ0n) is 6.08. The summed E-state index contributed by atoms with van der Waals surface area (Å²) in [6.07, 6.45) is 5.84. The van der Waals surface area contributed by atoms with Crippen LogP contribution in [0.15, 0.2) is 37.5 Å². The average molecular weight is 140 g/mol. The van der Waals surface area contributed by atoms with Crippen molar-refractivity contribution in [2.45, 2.75) is 6.92 Å². The van der Waals surface area contributed by atoms with Crippen LogP contribution < -0.4 is 0 Å². The Balaban J connectivity index is 0. The highest BCUT2D eigenvalue weighted by Crippen LogP contribution is 1.65. The lowest BCUT2D eigenvalue weighted by atomic mass is 10.5. The van der Waals surface area contributed by atoms with E-state index in [2.05, 4.69) is 13.2 Å². The van der Waals surface area contributed by atoms with Gasteiger partial charge in [0.1, 0.15) is 0 Å². The van der Waals surface area contributed by atoms with Gasteiger partial charge in [0.2, 0.25) is 0 Å². The summed E-state index contributed by atoms with van der Waals surface area (Å²) >= 11 is 0. The number of hydrogen-bond donors (Lipinski definition) is 1. The van der Waals surface area contributed by atoms with Gasteiger partial charge in [-0.3, -0.25) is 0 Å². The van der Waals surface area contributed by atoms with Gasteiger partial charge in [-0.2, -0.15) is 0 Å². The van der Waals surface area contributed by atoms with Gasteiger partial charge in [-0.05, 0) is 6.92 Å². The van der Waals surface area contributed by atoms with E-state index in [1.807, 2.05) is 0 Å². The van der Waals surface area contributed by atoms with Gasteiger partial charge in [-0.15, -0.1) is 0 Å². The van der Waals surface area contributed by atoms with Crippen molar-refractivity contribution in [3.8, 4) is 0 Å². The molecule has 0 atom stereocenters. The first kappa shape index (κ1) is 11.5. The molecular weight excluding hydrogens is 128 g/mol. The van der Waals surface area contributed by atoms with E-state index in [0.29, 0.717) is 0 Å². The normalized spacial score (nSPS) is 7.70. The Kier molecular flexibility index (Phi) is 12.2. The molecule has 0 saturated carbocycles. The zero-order valence-corrected chi connectivity index (χ0v) is 6.08. The van der Waals surface area contributed by atoms with Gasteiger partial charge in [0.05, 0.1) is 0 Å². The molecule has 0 unspecified atom stereocenters. The van der Waals surface area contributed by atoms with Crippen molar-refractivity contribution in [2.75, 3.05) is 0 Å². The Labute approximate surface area is 61.2 Å². The number of hydrogen-bond acceptors (Lipinski definition) is 1. The molecule has 1 N–H and O–H groups in total. The predicted molar refractivity (Wildman–Crippen MR) is 42.8 cm³/mol. The summed E-state index contributed by atoms with van der Waals surface area (Å²) in [7, 11) is 0. The molecule has 0 aromatic rings. The summed E-state index contributed by atoms with van der Waals surface area (Å²) < 4.78 is 0. The lowest BCUT2D eigenvalue weighted by molar-refractivity contribution is -0.131. The predicted octanol–water partition coefficient (Wildman–Crippen LogP) is 2.01. The highest BCUT2D eigenvalue weighted by molar-refractivity contribution is 5.79. The molecule has 0 saturated heterocycles. The van der Waals surface area contributed by atoms with Gasteiger partial charge >= 0.3 is 5.97 Å². The van der Waals surface area contributed by atoms with Crippen LogP contribution in [0.1, 0.15) is 6.92 Å². The molecule has 0 aliphatic rings. The Morgan fingerprint density at radius 3 is 1.80 bits per heavy atom. The van der Waals surface area contributed by atoms with Crippen molar-refractivity contribution in [1.82, 2.24) is 0 Å². The average Bonchev–Trinajstić information content (AvgIpc) is 1.89. The Morgan fingerprint density at radius 2 is 1.80 bits per heavy atom. The zero-order chi connectivity index (χ0) is 8.41. The number of rotatable bonds is 2. The fourth-order valence-electron chi connectivity index (χ4n) is 0.143. The van der Waals surface area contributed by atoms with E-state index >= 15 is 0 Å². The molecule has 2 nitrogen and oxygen atoms in total. The maximum atomic E-state index is 9.51. The minimum atomic E-state index is -0.891. The first-order valence-corrected chi connectivity index (χ1v) is 2.78. The van der Waals surface area contributed by atoms with Gasteiger partial charge in [0.15, 0.2) is 0 Å². The van der Waals surface area contributed by atoms with E-state index in [9.17, 15) is 4.79 Å². The molecule has 56 valence electrons. The van der Waals surface area contributed by atoms with E-state index in [-0.39, 0.29) is 0 Å². The second-order valence-electron chi connectivity index (χ2n) is 1.31. The van der Waals surface area contributed by atoms with Gasteiger partial charge in [0, 0.05) is 6.08 Å². The van der Waals surface area contributed by atoms with Crippen LogP contribution in [0.3, 0.4) is 0 Å². The first-order valence-electron chi connectivity index (χ1n) is 2.78. The van der Waals surface area contributed by atoms with Crippen LogP contribution in [0, 0.1) is 0 Å². The van der Waals surface area contributed by atoms with Crippen LogP contribution in [0.25, 0.3) is 0 Å². The summed E-state index contributed by atoms with van der Waals surface area (Å²) in [6, 6.07) is 0. The molecule has 0 aliphatic carbocycles. The van der Waals surface area contributed by atoms with Crippen LogP contribution in [0.5, 0.6) is 0 Å². The maximum absolute atomic E-state index is 9.51. The van der Waals surface area contributed by atoms with Gasteiger partial charge in [-0.25, -0.2) is 4.79 Å². The fourth-order valence-corrected chi connectivity index (χ4v) is 0.143. The molecule has 0 radical (unpaired) electrons. The van der Waals surface area contributed by atoms with Gasteiger partial charge in [0.25, 0.3) is 0 Å². The standard InChI is InChI=1S/C4H6O2.C4H6/c1-2-3-4(5)6;1-3-4-2/h2-3H,1H3,(H,5,6);3-4H,1-2H2. The van der Waals surface area contributed by atoms with Crippen LogP contribution in [0.2, 0.25) is 0 Å². The second kappa shape index (κ2) is 10.6. The minimum absolute atomic E-state index is 0.891. The number of allylic oxidation sites excluding steroid dienone is 3. The Morgan fingerprint density at radius 1 is 1.40 bits per heavy atom. The quantitative estimate of drug-likeness (QED) is 0.470. The Hall–Kier alpha value is -1.31. The van der Waals surface area contributed by atoms with Crippen molar-refractivity contribution < 1.29 is 9.90 Å². The van der Waals surface area contributed by atoms with Crippen molar-refractivity contribution in [3.63, 3.8) is 0 Å². The smallest absolute Gasteiger partial charge is 0.327 e. The number of carbonyl (C=O) groups is 1. The van der Waals surface area contributed by atoms with E-state index in [1.165, 1.54) is 6.08 Å². The van der Waals surface area contributed by atoms with E-state index in [0.717, 1.165) is 6.08 Å². The van der Waals surface area contributed by atoms with E-state index < -0.39 is 5.97 Å². The third kappa shape index (κ3) is 29.9. The van der Waals surface area contributed by atoms with Crippen LogP contribution in [-0.4, -0.2) is 11.1 Å². The first-order chi connectivity index (χ1) is 4.68. The highest BCUT2D eigenvalue weighted by Gasteiger charge is 1.76. The molecule has 0 rings (SSSR count). The Bertz CT molecular complexity index is 128. The van der Waals surface area contributed by atoms with Crippen LogP contribution in [-0.2, 0) is 4.79 Å². The molecule has 0 bridgehead atoms. The summed E-state index contributed by atoms with van der Waals surface area (Å²) in [4.78, 5) is 9.51. The monoisotopic (exact) mass is 140 g/mol. The van der Waals surface area contributed by atoms with Crippen LogP contribution >= 0.6 is 0 Å².